The molecule has 6 heteroatoms. The van der Waals surface area contributed by atoms with Gasteiger partial charge in [-0.2, -0.15) is 11.8 Å². The molecule has 18 heavy (non-hydrogen) atoms. The van der Waals surface area contributed by atoms with Crippen molar-refractivity contribution in [1.29, 1.82) is 0 Å². The molecule has 0 bridgehead atoms. The molecule has 1 N–H and O–H groups in total. The van der Waals surface area contributed by atoms with E-state index in [1.165, 1.54) is 6.42 Å². The zero-order valence-corrected chi connectivity index (χ0v) is 11.3. The number of urea groups is 1. The minimum Gasteiger partial charge on any atom is -0.481 e. The highest BCUT2D eigenvalue weighted by molar-refractivity contribution is 7.99. The van der Waals surface area contributed by atoms with Gasteiger partial charge in [0.05, 0.1) is 12.5 Å². The minimum absolute atomic E-state index is 0.0428. The normalized spacial score (nSPS) is 25.0. The predicted molar refractivity (Wildman–Crippen MR) is 70.9 cm³/mol. The van der Waals surface area contributed by atoms with Gasteiger partial charge in [0, 0.05) is 31.1 Å². The van der Waals surface area contributed by atoms with E-state index < -0.39 is 5.97 Å². The van der Waals surface area contributed by atoms with Crippen LogP contribution in [0.25, 0.3) is 0 Å². The van der Waals surface area contributed by atoms with E-state index in [2.05, 4.69) is 0 Å². The molecule has 102 valence electrons. The topological polar surface area (TPSA) is 60.9 Å². The average molecular weight is 272 g/mol. The molecule has 0 radical (unpaired) electrons. The van der Waals surface area contributed by atoms with E-state index in [0.29, 0.717) is 6.54 Å². The largest absolute Gasteiger partial charge is 0.481 e. The van der Waals surface area contributed by atoms with Gasteiger partial charge in [-0.05, 0) is 19.3 Å². The molecule has 2 aliphatic rings. The Morgan fingerprint density at radius 1 is 1.17 bits per heavy atom. The Morgan fingerprint density at radius 2 is 1.89 bits per heavy atom. The molecule has 2 aliphatic heterocycles. The number of aliphatic carboxylic acids is 1. The molecule has 0 aromatic carbocycles. The van der Waals surface area contributed by atoms with Crippen LogP contribution in [0, 0.1) is 0 Å². The van der Waals surface area contributed by atoms with Gasteiger partial charge in [-0.1, -0.05) is 0 Å². The summed E-state index contributed by atoms with van der Waals surface area (Å²) in [4.78, 5) is 26.9. The average Bonchev–Trinajstić information content (AvgIpc) is 2.39. The fraction of sp³-hybridized carbons (Fsp3) is 0.833. The van der Waals surface area contributed by atoms with E-state index >= 15 is 0 Å². The van der Waals surface area contributed by atoms with Crippen molar-refractivity contribution >= 4 is 23.8 Å². The van der Waals surface area contributed by atoms with Gasteiger partial charge in [-0.25, -0.2) is 4.79 Å². The lowest BCUT2D eigenvalue weighted by Gasteiger charge is -2.39. The number of carboxylic acid groups (broad SMARTS) is 1. The second kappa shape index (κ2) is 6.31. The first-order valence-electron chi connectivity index (χ1n) is 6.53. The summed E-state index contributed by atoms with van der Waals surface area (Å²) in [5.74, 6) is 0.834. The third-order valence-corrected chi connectivity index (χ3v) is 4.60. The molecule has 2 fully saturated rings. The summed E-state index contributed by atoms with van der Waals surface area (Å²) in [7, 11) is 0. The van der Waals surface area contributed by atoms with Crippen molar-refractivity contribution < 1.29 is 14.7 Å². The number of nitrogens with zero attached hydrogens (tertiary/aromatic N) is 2. The molecule has 2 saturated heterocycles. The molecular weight excluding hydrogens is 252 g/mol. The Labute approximate surface area is 112 Å². The second-order valence-corrected chi connectivity index (χ2v) is 6.00. The summed E-state index contributed by atoms with van der Waals surface area (Å²) in [5, 5.41) is 8.91. The summed E-state index contributed by atoms with van der Waals surface area (Å²) in [5.41, 5.74) is 0. The molecular formula is C12H20N2O3S. The molecule has 0 aliphatic carbocycles. The minimum atomic E-state index is -0.820. The molecule has 1 atom stereocenters. The molecule has 0 spiro atoms. The van der Waals surface area contributed by atoms with Gasteiger partial charge in [0.2, 0.25) is 0 Å². The maximum absolute atomic E-state index is 12.4. The van der Waals surface area contributed by atoms with E-state index in [1.807, 2.05) is 4.90 Å². The van der Waals surface area contributed by atoms with Crippen LogP contribution in [0.4, 0.5) is 4.79 Å². The van der Waals surface area contributed by atoms with Crippen molar-refractivity contribution in [3.8, 4) is 0 Å². The number of hydrogen-bond donors (Lipinski definition) is 1. The number of carbonyl (C=O) groups excluding carboxylic acids is 1. The SMILES string of the molecule is O=C(O)CC1CSCCN1C(=O)N1CCCCC1. The highest BCUT2D eigenvalue weighted by Gasteiger charge is 2.31. The lowest BCUT2D eigenvalue weighted by Crippen LogP contribution is -2.53. The van der Waals surface area contributed by atoms with Crippen LogP contribution in [0.5, 0.6) is 0 Å². The number of amides is 2. The van der Waals surface area contributed by atoms with Gasteiger partial charge in [-0.15, -0.1) is 0 Å². The predicted octanol–water partition coefficient (Wildman–Crippen LogP) is 1.48. The van der Waals surface area contributed by atoms with Crippen LogP contribution in [0.15, 0.2) is 0 Å². The lowest BCUT2D eigenvalue weighted by atomic mass is 10.1. The number of carbonyl (C=O) groups is 2. The Kier molecular flexibility index (Phi) is 4.74. The van der Waals surface area contributed by atoms with Gasteiger partial charge in [0.25, 0.3) is 0 Å². The van der Waals surface area contributed by atoms with Crippen LogP contribution in [-0.4, -0.2) is 64.1 Å². The van der Waals surface area contributed by atoms with E-state index in [4.69, 9.17) is 5.11 Å². The van der Waals surface area contributed by atoms with E-state index in [-0.39, 0.29) is 18.5 Å². The monoisotopic (exact) mass is 272 g/mol. The van der Waals surface area contributed by atoms with Crippen molar-refractivity contribution in [1.82, 2.24) is 9.80 Å². The first kappa shape index (κ1) is 13.5. The molecule has 2 amide bonds. The Hall–Kier alpha value is -0.910. The Balaban J connectivity index is 1.98. The maximum atomic E-state index is 12.4. The van der Waals surface area contributed by atoms with Crippen molar-refractivity contribution in [3.63, 3.8) is 0 Å². The van der Waals surface area contributed by atoms with Crippen molar-refractivity contribution in [2.45, 2.75) is 31.7 Å². The first-order valence-corrected chi connectivity index (χ1v) is 7.69. The summed E-state index contributed by atoms with van der Waals surface area (Å²) >= 11 is 1.74. The third kappa shape index (κ3) is 3.31. The zero-order valence-electron chi connectivity index (χ0n) is 10.5. The van der Waals surface area contributed by atoms with E-state index in [1.54, 1.807) is 16.7 Å². The van der Waals surface area contributed by atoms with E-state index in [9.17, 15) is 9.59 Å². The zero-order chi connectivity index (χ0) is 13.0. The van der Waals surface area contributed by atoms with E-state index in [0.717, 1.165) is 37.4 Å². The molecule has 0 aromatic rings. The van der Waals surface area contributed by atoms with Gasteiger partial charge in [-0.3, -0.25) is 4.79 Å². The van der Waals surface area contributed by atoms with Crippen LogP contribution in [0.2, 0.25) is 0 Å². The first-order chi connectivity index (χ1) is 8.68. The Bertz CT molecular complexity index is 318. The number of hydrogen-bond acceptors (Lipinski definition) is 3. The lowest BCUT2D eigenvalue weighted by molar-refractivity contribution is -0.138. The van der Waals surface area contributed by atoms with Crippen LogP contribution in [-0.2, 0) is 4.79 Å². The van der Waals surface area contributed by atoms with Crippen molar-refractivity contribution in [2.24, 2.45) is 0 Å². The van der Waals surface area contributed by atoms with Crippen LogP contribution in [0.1, 0.15) is 25.7 Å². The van der Waals surface area contributed by atoms with Gasteiger partial charge in [0.15, 0.2) is 0 Å². The number of likely N-dealkylation sites (tertiary alicyclic amines) is 1. The summed E-state index contributed by atoms with van der Waals surface area (Å²) in [6.07, 6.45) is 3.39. The highest BCUT2D eigenvalue weighted by atomic mass is 32.2. The number of thioether (sulfide) groups is 1. The molecule has 0 aromatic heterocycles. The fourth-order valence-electron chi connectivity index (χ4n) is 2.54. The summed E-state index contributed by atoms with van der Waals surface area (Å²) in [6, 6.07) is -0.100. The summed E-state index contributed by atoms with van der Waals surface area (Å²) < 4.78 is 0. The number of rotatable bonds is 2. The molecule has 2 heterocycles. The molecule has 0 saturated carbocycles. The standard InChI is InChI=1S/C12H20N2O3S/c15-11(16)8-10-9-18-7-6-14(10)12(17)13-4-2-1-3-5-13/h10H,1-9H2,(H,15,16). The Morgan fingerprint density at radius 3 is 2.56 bits per heavy atom. The van der Waals surface area contributed by atoms with Gasteiger partial charge < -0.3 is 14.9 Å². The van der Waals surface area contributed by atoms with Crippen molar-refractivity contribution in [2.75, 3.05) is 31.1 Å². The number of piperidine rings is 1. The van der Waals surface area contributed by atoms with Crippen molar-refractivity contribution in [3.05, 3.63) is 0 Å². The summed E-state index contributed by atoms with van der Waals surface area (Å²) in [6.45, 7) is 2.32. The second-order valence-electron chi connectivity index (χ2n) is 4.85. The van der Waals surface area contributed by atoms with Crippen LogP contribution >= 0.6 is 11.8 Å². The fourth-order valence-corrected chi connectivity index (χ4v) is 3.61. The molecule has 5 nitrogen and oxygen atoms in total. The quantitative estimate of drug-likeness (QED) is 0.827. The highest BCUT2D eigenvalue weighted by Crippen LogP contribution is 2.22. The van der Waals surface area contributed by atoms with Gasteiger partial charge >= 0.3 is 12.0 Å². The van der Waals surface area contributed by atoms with Gasteiger partial charge in [0.1, 0.15) is 0 Å². The van der Waals surface area contributed by atoms with Crippen LogP contribution < -0.4 is 0 Å². The molecule has 1 unspecified atom stereocenters. The third-order valence-electron chi connectivity index (χ3n) is 3.51. The smallest absolute Gasteiger partial charge is 0.320 e. The number of carboxylic acids is 1. The maximum Gasteiger partial charge on any atom is 0.320 e. The van der Waals surface area contributed by atoms with Crippen LogP contribution in [0.3, 0.4) is 0 Å². The molecule has 2 rings (SSSR count).